The molecule has 3 aromatic rings. The van der Waals surface area contributed by atoms with Crippen LogP contribution in [0.5, 0.6) is 5.75 Å². The van der Waals surface area contributed by atoms with Crippen LogP contribution in [-0.2, 0) is 0 Å². The third kappa shape index (κ3) is 2.30. The quantitative estimate of drug-likeness (QED) is 0.728. The lowest BCUT2D eigenvalue weighted by Gasteiger charge is -2.04. The molecule has 6 heteroatoms. The number of rotatable bonds is 3. The lowest BCUT2D eigenvalue weighted by molar-refractivity contribution is 0.367. The van der Waals surface area contributed by atoms with Crippen molar-refractivity contribution < 1.29 is 13.7 Å². The summed E-state index contributed by atoms with van der Waals surface area (Å²) in [6, 6.07) is 11.4. The van der Waals surface area contributed by atoms with Crippen molar-refractivity contribution in [2.45, 2.75) is 0 Å². The Morgan fingerprint density at radius 2 is 2.10 bits per heavy atom. The normalized spacial score (nSPS) is 10.5. The maximum Gasteiger partial charge on any atom is 0.189 e. The Morgan fingerprint density at radius 1 is 1.29 bits per heavy atom. The van der Waals surface area contributed by atoms with Gasteiger partial charge in [0, 0.05) is 5.56 Å². The van der Waals surface area contributed by atoms with Gasteiger partial charge in [0.05, 0.1) is 5.39 Å². The zero-order valence-corrected chi connectivity index (χ0v) is 11.4. The first kappa shape index (κ1) is 13.4. The monoisotopic (exact) mass is 302 g/mol. The van der Waals surface area contributed by atoms with Gasteiger partial charge in [-0.2, -0.15) is 5.26 Å². The van der Waals surface area contributed by atoms with Gasteiger partial charge in [0.15, 0.2) is 12.2 Å². The summed E-state index contributed by atoms with van der Waals surface area (Å²) in [6.45, 7) is -0.125. The van der Waals surface area contributed by atoms with Crippen molar-refractivity contribution in [2.24, 2.45) is 0 Å². The predicted molar refractivity (Wildman–Crippen MR) is 75.5 cm³/mol. The average molecular weight is 303 g/mol. The summed E-state index contributed by atoms with van der Waals surface area (Å²) in [4.78, 5) is 0. The molecule has 4 nitrogen and oxygen atoms in total. The van der Waals surface area contributed by atoms with Gasteiger partial charge < -0.3 is 9.26 Å². The van der Waals surface area contributed by atoms with E-state index in [1.165, 1.54) is 6.07 Å². The van der Waals surface area contributed by atoms with Gasteiger partial charge in [0.25, 0.3) is 0 Å². The van der Waals surface area contributed by atoms with Crippen LogP contribution >= 0.6 is 11.6 Å². The zero-order chi connectivity index (χ0) is 14.8. The van der Waals surface area contributed by atoms with Crippen LogP contribution in [0.25, 0.3) is 22.2 Å². The number of nitriles is 1. The molecule has 0 amide bonds. The first-order valence-electron chi connectivity index (χ1n) is 6.05. The number of ether oxygens (including phenoxy) is 1. The molecule has 0 fully saturated rings. The van der Waals surface area contributed by atoms with Gasteiger partial charge in [-0.3, -0.25) is 0 Å². The van der Waals surface area contributed by atoms with Crippen LogP contribution < -0.4 is 4.74 Å². The molecule has 0 atom stereocenters. The molecule has 21 heavy (non-hydrogen) atoms. The van der Waals surface area contributed by atoms with Crippen molar-refractivity contribution in [2.75, 3.05) is 6.61 Å². The van der Waals surface area contributed by atoms with Crippen LogP contribution in [0.15, 0.2) is 40.9 Å². The van der Waals surface area contributed by atoms with Crippen LogP contribution in [-0.4, -0.2) is 11.8 Å². The molecular formula is C15H8ClFN2O2. The van der Waals surface area contributed by atoms with Crippen molar-refractivity contribution >= 4 is 22.6 Å². The maximum atomic E-state index is 13.9. The van der Waals surface area contributed by atoms with Crippen LogP contribution in [0.3, 0.4) is 0 Å². The van der Waals surface area contributed by atoms with Gasteiger partial charge in [-0.25, -0.2) is 4.39 Å². The van der Waals surface area contributed by atoms with E-state index < -0.39 is 5.82 Å². The number of hydrogen-bond donors (Lipinski definition) is 0. The largest absolute Gasteiger partial charge is 0.477 e. The van der Waals surface area contributed by atoms with Crippen LogP contribution in [0.2, 0.25) is 5.02 Å². The summed E-state index contributed by atoms with van der Waals surface area (Å²) >= 11 is 6.16. The minimum Gasteiger partial charge on any atom is -0.477 e. The number of benzene rings is 2. The Balaban J connectivity index is 2.14. The summed E-state index contributed by atoms with van der Waals surface area (Å²) in [6.07, 6.45) is 0. The van der Waals surface area contributed by atoms with E-state index in [-0.39, 0.29) is 11.6 Å². The molecule has 0 aliphatic heterocycles. The average Bonchev–Trinajstić information content (AvgIpc) is 2.92. The first-order chi connectivity index (χ1) is 10.2. The lowest BCUT2D eigenvalue weighted by atomic mass is 10.1. The number of halogens is 2. The summed E-state index contributed by atoms with van der Waals surface area (Å²) in [7, 11) is 0. The number of fused-ring (bicyclic) bond motifs is 1. The van der Waals surface area contributed by atoms with Crippen molar-refractivity contribution in [1.82, 2.24) is 5.16 Å². The van der Waals surface area contributed by atoms with Crippen molar-refractivity contribution in [3.63, 3.8) is 0 Å². The SMILES string of the molecule is N#CCOc1ccc2c(-c3ccccc3F)noc2c1Cl. The molecule has 104 valence electrons. The summed E-state index contributed by atoms with van der Waals surface area (Å²) in [5, 5.41) is 13.2. The molecule has 0 aliphatic rings. The van der Waals surface area contributed by atoms with Gasteiger partial charge >= 0.3 is 0 Å². The van der Waals surface area contributed by atoms with Crippen LogP contribution in [0.1, 0.15) is 0 Å². The third-order valence-electron chi connectivity index (χ3n) is 2.97. The van der Waals surface area contributed by atoms with E-state index in [1.807, 2.05) is 6.07 Å². The predicted octanol–water partition coefficient (Wildman–Crippen LogP) is 4.19. The topological polar surface area (TPSA) is 59.0 Å². The smallest absolute Gasteiger partial charge is 0.189 e. The second-order valence-electron chi connectivity index (χ2n) is 4.21. The minimum absolute atomic E-state index is 0.125. The number of aromatic nitrogens is 1. The number of nitrogens with zero attached hydrogens (tertiary/aromatic N) is 2. The lowest BCUT2D eigenvalue weighted by Crippen LogP contribution is -1.94. The Labute approximate surface area is 124 Å². The van der Waals surface area contributed by atoms with Crippen molar-refractivity contribution in [3.8, 4) is 23.1 Å². The second kappa shape index (κ2) is 5.43. The van der Waals surface area contributed by atoms with Gasteiger partial charge in [0.1, 0.15) is 28.4 Å². The highest BCUT2D eigenvalue weighted by Gasteiger charge is 2.18. The molecule has 1 aromatic heterocycles. The summed E-state index contributed by atoms with van der Waals surface area (Å²) in [5.41, 5.74) is 1.00. The van der Waals surface area contributed by atoms with E-state index >= 15 is 0 Å². The molecule has 0 aliphatic carbocycles. The highest BCUT2D eigenvalue weighted by atomic mass is 35.5. The molecular weight excluding hydrogens is 295 g/mol. The molecule has 0 bridgehead atoms. The molecule has 0 unspecified atom stereocenters. The summed E-state index contributed by atoms with van der Waals surface area (Å²) in [5.74, 6) is -0.0735. The molecule has 3 rings (SSSR count). The van der Waals surface area contributed by atoms with Gasteiger partial charge in [-0.15, -0.1) is 0 Å². The molecule has 2 aromatic carbocycles. The molecule has 0 radical (unpaired) electrons. The van der Waals surface area contributed by atoms with Crippen LogP contribution in [0, 0.1) is 17.1 Å². The Morgan fingerprint density at radius 3 is 2.86 bits per heavy atom. The molecule has 0 spiro atoms. The molecule has 1 heterocycles. The summed E-state index contributed by atoms with van der Waals surface area (Å²) < 4.78 is 24.2. The minimum atomic E-state index is -0.395. The van der Waals surface area contributed by atoms with E-state index in [1.54, 1.807) is 30.3 Å². The van der Waals surface area contributed by atoms with Crippen molar-refractivity contribution in [3.05, 3.63) is 47.2 Å². The highest BCUT2D eigenvalue weighted by Crippen LogP contribution is 2.37. The second-order valence-corrected chi connectivity index (χ2v) is 4.59. The fourth-order valence-electron chi connectivity index (χ4n) is 2.02. The van der Waals surface area contributed by atoms with Crippen LogP contribution in [0.4, 0.5) is 4.39 Å². The Bertz CT molecular complexity index is 854. The first-order valence-corrected chi connectivity index (χ1v) is 6.42. The zero-order valence-electron chi connectivity index (χ0n) is 10.6. The third-order valence-corrected chi connectivity index (χ3v) is 3.32. The highest BCUT2D eigenvalue weighted by molar-refractivity contribution is 6.36. The molecule has 0 saturated carbocycles. The van der Waals surface area contributed by atoms with E-state index in [0.29, 0.717) is 28.0 Å². The van der Waals surface area contributed by atoms with E-state index in [0.717, 1.165) is 0 Å². The Hall–Kier alpha value is -2.58. The maximum absolute atomic E-state index is 13.9. The number of hydrogen-bond acceptors (Lipinski definition) is 4. The molecule has 0 saturated heterocycles. The van der Waals surface area contributed by atoms with E-state index in [2.05, 4.69) is 5.16 Å². The Kier molecular flexibility index (Phi) is 3.46. The van der Waals surface area contributed by atoms with Crippen molar-refractivity contribution in [1.29, 1.82) is 5.26 Å². The standard InChI is InChI=1S/C15H8ClFN2O2/c16-13-12(20-8-7-18)6-5-10-14(19-21-15(10)13)9-3-1-2-4-11(9)17/h1-6H,8H2. The fourth-order valence-corrected chi connectivity index (χ4v) is 2.28. The van der Waals surface area contributed by atoms with Gasteiger partial charge in [0.2, 0.25) is 0 Å². The van der Waals surface area contributed by atoms with Gasteiger partial charge in [-0.05, 0) is 24.3 Å². The fraction of sp³-hybridized carbons (Fsp3) is 0.0667. The molecule has 0 N–H and O–H groups in total. The van der Waals surface area contributed by atoms with Gasteiger partial charge in [-0.1, -0.05) is 28.9 Å². The van der Waals surface area contributed by atoms with E-state index in [4.69, 9.17) is 26.1 Å². The van der Waals surface area contributed by atoms with E-state index in [9.17, 15) is 4.39 Å².